The van der Waals surface area contributed by atoms with E-state index in [0.29, 0.717) is 24.9 Å². The molecule has 2 aromatic heterocycles. The Hall–Kier alpha value is -4.17. The first-order valence-electron chi connectivity index (χ1n) is 39.1. The maximum atomic E-state index is 16.1. The number of hydrogen-bond donors (Lipinski definition) is 0. The second-order valence-electron chi connectivity index (χ2n) is 29.1. The molecule has 3 aliphatic heterocycles. The van der Waals surface area contributed by atoms with Gasteiger partial charge in [-0.25, -0.2) is 0 Å². The van der Waals surface area contributed by atoms with Crippen LogP contribution in [-0.4, -0.2) is 40.0 Å². The molecule has 0 N–H and O–H groups in total. The van der Waals surface area contributed by atoms with Gasteiger partial charge in [-0.1, -0.05) is 351 Å². The zero-order chi connectivity index (χ0) is 65.0. The molecule has 508 valence electrons. The van der Waals surface area contributed by atoms with Crippen molar-refractivity contribution in [3.63, 3.8) is 0 Å². The maximum absolute atomic E-state index is 16.1. The lowest BCUT2D eigenvalue weighted by Gasteiger charge is -2.24. The largest absolute Gasteiger partial charge is 0.306 e. The SMILES string of the molecule is CCCCCCCCCCCCC(CCCCCCCCCC)CCN1C(=O)C(C2CC=C(c3ccc4c(ccc5c6ccc7cc(C)ccc7c6sc45)c3)S2)=C2C1=C(c1ccc(C)s1)C(=O)N2CCC(CCCCCCCCCC)CCCCCCCCCCCC. The summed E-state index contributed by atoms with van der Waals surface area (Å²) >= 11 is 5.55. The summed E-state index contributed by atoms with van der Waals surface area (Å²) in [5, 5.41) is 7.80. The van der Waals surface area contributed by atoms with Gasteiger partial charge in [-0.15, -0.1) is 34.4 Å². The van der Waals surface area contributed by atoms with Crippen molar-refractivity contribution in [3.05, 3.63) is 117 Å². The molecule has 93 heavy (non-hydrogen) atoms. The van der Waals surface area contributed by atoms with Crippen molar-refractivity contribution < 1.29 is 9.59 Å². The van der Waals surface area contributed by atoms with E-state index in [4.69, 9.17) is 0 Å². The Labute approximate surface area is 578 Å². The van der Waals surface area contributed by atoms with E-state index in [-0.39, 0.29) is 17.1 Å². The predicted octanol–water partition coefficient (Wildman–Crippen LogP) is 27.9. The maximum Gasteiger partial charge on any atom is 0.261 e. The van der Waals surface area contributed by atoms with Crippen LogP contribution in [0.5, 0.6) is 0 Å². The number of benzene rings is 4. The molecule has 0 spiro atoms. The molecule has 3 unspecified atom stereocenters. The van der Waals surface area contributed by atoms with E-state index in [9.17, 15) is 0 Å². The quantitative estimate of drug-likeness (QED) is 0.0358. The molecular weight excluding hydrogens is 1190 g/mol. The van der Waals surface area contributed by atoms with Gasteiger partial charge in [-0.2, -0.15) is 0 Å². The number of allylic oxidation sites excluding steroid dienone is 1. The van der Waals surface area contributed by atoms with Gasteiger partial charge in [0.2, 0.25) is 0 Å². The van der Waals surface area contributed by atoms with Crippen LogP contribution in [0.3, 0.4) is 0 Å². The highest BCUT2D eigenvalue weighted by Gasteiger charge is 2.50. The summed E-state index contributed by atoms with van der Waals surface area (Å²) in [5.41, 5.74) is 6.10. The van der Waals surface area contributed by atoms with Crippen LogP contribution in [-0.2, 0) is 9.59 Å². The van der Waals surface area contributed by atoms with Crippen LogP contribution in [0.25, 0.3) is 52.2 Å². The average molecular weight is 1310 g/mol. The zero-order valence-electron chi connectivity index (χ0n) is 59.5. The number of nitrogens with zero attached hydrogens (tertiary/aromatic N) is 2. The van der Waals surface area contributed by atoms with E-state index < -0.39 is 0 Å². The third-order valence-electron chi connectivity index (χ3n) is 21.5. The number of rotatable bonds is 49. The first kappa shape index (κ1) is 73.1. The van der Waals surface area contributed by atoms with Gasteiger partial charge >= 0.3 is 0 Å². The van der Waals surface area contributed by atoms with E-state index in [1.165, 1.54) is 319 Å². The van der Waals surface area contributed by atoms with Gasteiger partial charge in [0.25, 0.3) is 11.8 Å². The molecule has 4 aromatic carbocycles. The Morgan fingerprint density at radius 1 is 0.409 bits per heavy atom. The molecule has 0 radical (unpaired) electrons. The number of unbranched alkanes of at least 4 members (excludes halogenated alkanes) is 32. The van der Waals surface area contributed by atoms with E-state index in [2.05, 4.69) is 130 Å². The van der Waals surface area contributed by atoms with E-state index in [1.807, 2.05) is 23.1 Å². The van der Waals surface area contributed by atoms with Crippen molar-refractivity contribution in [2.75, 3.05) is 13.1 Å². The van der Waals surface area contributed by atoms with Crippen molar-refractivity contribution in [1.82, 2.24) is 9.80 Å². The lowest BCUT2D eigenvalue weighted by atomic mass is 9.91. The number of thioether (sulfide) groups is 1. The molecule has 7 heteroatoms. The van der Waals surface area contributed by atoms with E-state index >= 15 is 9.59 Å². The van der Waals surface area contributed by atoms with E-state index in [1.54, 1.807) is 11.3 Å². The average Bonchev–Trinajstić information content (AvgIpc) is 1.57. The summed E-state index contributed by atoms with van der Waals surface area (Å²) in [6, 6.07) is 27.6. The second kappa shape index (κ2) is 39.9. The predicted molar refractivity (Wildman–Crippen MR) is 413 cm³/mol. The van der Waals surface area contributed by atoms with Crippen LogP contribution in [0.15, 0.2) is 95.8 Å². The molecule has 0 saturated carbocycles. The number of thiophene rings is 2. The van der Waals surface area contributed by atoms with E-state index in [0.717, 1.165) is 46.7 Å². The minimum Gasteiger partial charge on any atom is -0.306 e. The minimum atomic E-state index is -0.0700. The third kappa shape index (κ3) is 20.9. The normalized spacial score (nSPS) is 15.9. The Morgan fingerprint density at radius 3 is 1.26 bits per heavy atom. The molecule has 5 heterocycles. The molecule has 3 aliphatic rings. The number of amides is 2. The summed E-state index contributed by atoms with van der Waals surface area (Å²) < 4.78 is 2.72. The third-order valence-corrected chi connectivity index (χ3v) is 25.2. The first-order valence-corrected chi connectivity index (χ1v) is 41.6. The van der Waals surface area contributed by atoms with Crippen LogP contribution in [0, 0.1) is 25.7 Å². The Balaban J connectivity index is 0.979. The monoisotopic (exact) mass is 1310 g/mol. The number of aryl methyl sites for hydroxylation is 2. The standard InChI is InChI=1S/C86H124N2O2S3/c1-7-11-15-19-23-27-29-33-37-41-45-67(43-39-35-31-25-21-17-13-9-3)59-61-87-81-79(77-56-48-66(6)91-77)85(89)88(62-60-68(44-40-36-32-26-22-18-14-10-4)46-42-38-34-30-28-24-20-16-12-8-2)82(81)80(86(87)90)78-58-57-76(92-78)71-51-53-73-70(64-71)50-55-75-74-54-49-69-63-65(5)47-52-72(69)83(74)93-84(73)75/h47-57,63-64,67-68,78H,7-46,58-62H2,1-6H3. The fourth-order valence-electron chi connectivity index (χ4n) is 15.9. The van der Waals surface area contributed by atoms with Crippen LogP contribution < -0.4 is 0 Å². The van der Waals surface area contributed by atoms with Crippen LogP contribution in [0.1, 0.15) is 325 Å². The lowest BCUT2D eigenvalue weighted by Crippen LogP contribution is -2.32. The molecule has 9 rings (SSSR count). The fourth-order valence-corrected chi connectivity index (χ4v) is 19.4. The minimum absolute atomic E-state index is 0.0700. The molecule has 0 bridgehead atoms. The van der Waals surface area contributed by atoms with Crippen molar-refractivity contribution in [1.29, 1.82) is 0 Å². The van der Waals surface area contributed by atoms with Gasteiger partial charge in [0.05, 0.1) is 22.5 Å². The van der Waals surface area contributed by atoms with Gasteiger partial charge in [-0.05, 0) is 90.3 Å². The van der Waals surface area contributed by atoms with Crippen LogP contribution >= 0.6 is 34.4 Å². The van der Waals surface area contributed by atoms with Crippen molar-refractivity contribution in [3.8, 4) is 0 Å². The molecular formula is C86H124N2O2S3. The number of fused-ring (bicyclic) bond motifs is 8. The molecule has 6 aromatic rings. The number of hydrogen-bond acceptors (Lipinski definition) is 5. The molecule has 3 atom stereocenters. The summed E-state index contributed by atoms with van der Waals surface area (Å²) in [7, 11) is 0. The Morgan fingerprint density at radius 2 is 0.817 bits per heavy atom. The fraction of sp³-hybridized carbons (Fsp3) is 0.628. The molecule has 2 amide bonds. The smallest absolute Gasteiger partial charge is 0.261 e. The topological polar surface area (TPSA) is 40.6 Å². The Kier molecular flexibility index (Phi) is 31.4. The van der Waals surface area contributed by atoms with Gasteiger partial charge < -0.3 is 9.80 Å². The Bertz CT molecular complexity index is 3350. The summed E-state index contributed by atoms with van der Waals surface area (Å²) in [6.45, 7) is 15.0. The van der Waals surface area contributed by atoms with Gasteiger partial charge in [-0.3, -0.25) is 9.59 Å². The number of carbonyl (C=O) groups excluding carboxylic acids is 2. The highest BCUT2D eigenvalue weighted by Crippen LogP contribution is 2.53. The van der Waals surface area contributed by atoms with Crippen molar-refractivity contribution in [2.24, 2.45) is 11.8 Å². The highest BCUT2D eigenvalue weighted by molar-refractivity contribution is 8.09. The van der Waals surface area contributed by atoms with Gasteiger partial charge in [0, 0.05) is 53.2 Å². The summed E-state index contributed by atoms with van der Waals surface area (Å²) in [6.07, 6.45) is 58.6. The summed E-state index contributed by atoms with van der Waals surface area (Å²) in [4.78, 5) is 39.8. The zero-order valence-corrected chi connectivity index (χ0v) is 61.9. The molecule has 0 fully saturated rings. The van der Waals surface area contributed by atoms with Crippen LogP contribution in [0.4, 0.5) is 0 Å². The van der Waals surface area contributed by atoms with Gasteiger partial charge in [0.15, 0.2) is 0 Å². The molecule has 4 nitrogen and oxygen atoms in total. The highest BCUT2D eigenvalue weighted by atomic mass is 32.2. The van der Waals surface area contributed by atoms with Gasteiger partial charge in [0.1, 0.15) is 0 Å². The lowest BCUT2D eigenvalue weighted by molar-refractivity contribution is -0.124. The number of carbonyl (C=O) groups is 2. The molecule has 0 aliphatic carbocycles. The second-order valence-corrected chi connectivity index (χ2v) is 32.7. The molecule has 0 saturated heterocycles. The van der Waals surface area contributed by atoms with Crippen molar-refractivity contribution in [2.45, 2.75) is 323 Å². The van der Waals surface area contributed by atoms with Crippen LogP contribution in [0.2, 0.25) is 0 Å². The van der Waals surface area contributed by atoms with Crippen molar-refractivity contribution >= 4 is 98.4 Å². The first-order chi connectivity index (χ1) is 45.7. The summed E-state index contributed by atoms with van der Waals surface area (Å²) in [5.74, 6) is 1.43.